The molecule has 0 bridgehead atoms. The minimum absolute atomic E-state index is 0.0877. The molecular formula is C20H26N2O3. The maximum absolute atomic E-state index is 12.7. The number of benzene rings is 1. The highest BCUT2D eigenvalue weighted by Gasteiger charge is 2.38. The molecule has 1 aromatic carbocycles. The van der Waals surface area contributed by atoms with Crippen molar-refractivity contribution in [2.75, 3.05) is 18.1 Å². The molecule has 0 radical (unpaired) electrons. The number of carbonyl (C=O) groups excluding carboxylic acids is 2. The predicted octanol–water partition coefficient (Wildman–Crippen LogP) is 3.13. The van der Waals surface area contributed by atoms with Crippen LogP contribution in [0.3, 0.4) is 0 Å². The van der Waals surface area contributed by atoms with Crippen LogP contribution in [0.1, 0.15) is 51.4 Å². The molecule has 2 aliphatic carbocycles. The molecular weight excluding hydrogens is 316 g/mol. The molecule has 0 spiro atoms. The number of hydrogen-bond acceptors (Lipinski definition) is 3. The Morgan fingerprint density at radius 3 is 2.56 bits per heavy atom. The zero-order chi connectivity index (χ0) is 17.2. The summed E-state index contributed by atoms with van der Waals surface area (Å²) in [7, 11) is 0. The van der Waals surface area contributed by atoms with Crippen LogP contribution in [0.5, 0.6) is 5.75 Å². The number of amides is 2. The molecule has 2 amide bonds. The minimum atomic E-state index is 0.0877. The van der Waals surface area contributed by atoms with Crippen LogP contribution in [-0.2, 0) is 9.59 Å². The Hall–Kier alpha value is -2.04. The molecule has 4 rings (SSSR count). The second-order valence-electron chi connectivity index (χ2n) is 7.41. The summed E-state index contributed by atoms with van der Waals surface area (Å²) >= 11 is 0. The maximum atomic E-state index is 12.7. The third-order valence-electron chi connectivity index (χ3n) is 5.51. The topological polar surface area (TPSA) is 49.9 Å². The molecule has 0 unspecified atom stereocenters. The predicted molar refractivity (Wildman–Crippen MR) is 95.6 cm³/mol. The summed E-state index contributed by atoms with van der Waals surface area (Å²) in [5, 5.41) is 0. The second-order valence-corrected chi connectivity index (χ2v) is 7.41. The minimum Gasteiger partial charge on any atom is -0.484 e. The molecule has 1 saturated heterocycles. The van der Waals surface area contributed by atoms with Gasteiger partial charge < -0.3 is 14.5 Å². The lowest BCUT2D eigenvalue weighted by atomic mass is 10.2. The molecule has 1 heterocycles. The van der Waals surface area contributed by atoms with E-state index in [1.807, 2.05) is 24.3 Å². The summed E-state index contributed by atoms with van der Waals surface area (Å²) in [5.41, 5.74) is 0.863. The van der Waals surface area contributed by atoms with Crippen LogP contribution in [0, 0.1) is 0 Å². The summed E-state index contributed by atoms with van der Waals surface area (Å²) in [5.74, 6) is 0.930. The Labute approximate surface area is 148 Å². The highest BCUT2D eigenvalue weighted by atomic mass is 16.5. The van der Waals surface area contributed by atoms with E-state index in [0.29, 0.717) is 24.3 Å². The molecule has 25 heavy (non-hydrogen) atoms. The number of carbonyl (C=O) groups is 2. The van der Waals surface area contributed by atoms with E-state index in [0.717, 1.165) is 44.3 Å². The number of hydrogen-bond donors (Lipinski definition) is 0. The molecule has 1 aliphatic heterocycles. The summed E-state index contributed by atoms with van der Waals surface area (Å²) in [6.07, 6.45) is 8.51. The smallest absolute Gasteiger partial charge is 0.261 e. The van der Waals surface area contributed by atoms with Gasteiger partial charge in [0.1, 0.15) is 5.75 Å². The Morgan fingerprint density at radius 1 is 1.12 bits per heavy atom. The van der Waals surface area contributed by atoms with Gasteiger partial charge in [-0.15, -0.1) is 0 Å². The standard InChI is InChI=1S/C20H26N2O3/c23-19-9-4-12-21(19)17-7-3-8-18(13-17)25-14-20(24)22(16-10-11-16)15-5-1-2-6-15/h3,7-8,13,15-16H,1-2,4-6,9-12,14H2. The van der Waals surface area contributed by atoms with E-state index in [1.165, 1.54) is 12.8 Å². The SMILES string of the molecule is O=C1CCCN1c1cccc(OCC(=O)N(C2CCCC2)C2CC2)c1. The van der Waals surface area contributed by atoms with E-state index < -0.39 is 0 Å². The van der Waals surface area contributed by atoms with Crippen LogP contribution in [0.25, 0.3) is 0 Å². The molecule has 0 N–H and O–H groups in total. The normalized spacial score (nSPS) is 21.0. The van der Waals surface area contributed by atoms with Crippen molar-refractivity contribution in [2.24, 2.45) is 0 Å². The first kappa shape index (κ1) is 16.4. The van der Waals surface area contributed by atoms with Crippen molar-refractivity contribution in [3.63, 3.8) is 0 Å². The van der Waals surface area contributed by atoms with Crippen LogP contribution in [-0.4, -0.2) is 41.9 Å². The van der Waals surface area contributed by atoms with E-state index in [1.54, 1.807) is 4.90 Å². The van der Waals surface area contributed by atoms with E-state index in [2.05, 4.69) is 4.90 Å². The van der Waals surface area contributed by atoms with Gasteiger partial charge in [-0.2, -0.15) is 0 Å². The Morgan fingerprint density at radius 2 is 1.88 bits per heavy atom. The van der Waals surface area contributed by atoms with Gasteiger partial charge in [-0.25, -0.2) is 0 Å². The molecule has 1 aromatic rings. The van der Waals surface area contributed by atoms with Gasteiger partial charge in [-0.3, -0.25) is 9.59 Å². The van der Waals surface area contributed by atoms with Crippen LogP contribution < -0.4 is 9.64 Å². The van der Waals surface area contributed by atoms with Crippen LogP contribution in [0.2, 0.25) is 0 Å². The zero-order valence-electron chi connectivity index (χ0n) is 14.7. The van der Waals surface area contributed by atoms with E-state index in [-0.39, 0.29) is 18.4 Å². The quantitative estimate of drug-likeness (QED) is 0.798. The fourth-order valence-corrected chi connectivity index (χ4v) is 4.12. The summed E-state index contributed by atoms with van der Waals surface area (Å²) in [6.45, 7) is 0.850. The van der Waals surface area contributed by atoms with Crippen molar-refractivity contribution in [1.82, 2.24) is 4.90 Å². The average molecular weight is 342 g/mol. The third-order valence-corrected chi connectivity index (χ3v) is 5.51. The maximum Gasteiger partial charge on any atom is 0.261 e. The number of nitrogens with zero attached hydrogens (tertiary/aromatic N) is 2. The van der Waals surface area contributed by atoms with Crippen molar-refractivity contribution < 1.29 is 14.3 Å². The molecule has 0 aromatic heterocycles. The van der Waals surface area contributed by atoms with Crippen LogP contribution in [0.4, 0.5) is 5.69 Å². The van der Waals surface area contributed by atoms with E-state index in [9.17, 15) is 9.59 Å². The number of anilines is 1. The summed E-state index contributed by atoms with van der Waals surface area (Å²) in [6, 6.07) is 8.38. The van der Waals surface area contributed by atoms with Crippen molar-refractivity contribution in [2.45, 2.75) is 63.5 Å². The van der Waals surface area contributed by atoms with Gasteiger partial charge >= 0.3 is 0 Å². The first-order valence-corrected chi connectivity index (χ1v) is 9.57. The highest BCUT2D eigenvalue weighted by molar-refractivity contribution is 5.95. The van der Waals surface area contributed by atoms with Crippen molar-refractivity contribution >= 4 is 17.5 Å². The van der Waals surface area contributed by atoms with Crippen LogP contribution in [0.15, 0.2) is 24.3 Å². The Kier molecular flexibility index (Phi) is 4.64. The second kappa shape index (κ2) is 7.06. The lowest BCUT2D eigenvalue weighted by Gasteiger charge is -2.29. The molecule has 3 aliphatic rings. The third kappa shape index (κ3) is 3.65. The van der Waals surface area contributed by atoms with Gasteiger partial charge in [-0.1, -0.05) is 18.9 Å². The lowest BCUT2D eigenvalue weighted by Crippen LogP contribution is -2.43. The molecule has 5 nitrogen and oxygen atoms in total. The lowest BCUT2D eigenvalue weighted by molar-refractivity contribution is -0.136. The van der Waals surface area contributed by atoms with Gasteiger partial charge in [0.05, 0.1) is 0 Å². The monoisotopic (exact) mass is 342 g/mol. The van der Waals surface area contributed by atoms with Crippen LogP contribution >= 0.6 is 0 Å². The molecule has 0 atom stereocenters. The van der Waals surface area contributed by atoms with Gasteiger partial charge in [0.15, 0.2) is 6.61 Å². The zero-order valence-corrected chi connectivity index (χ0v) is 14.7. The van der Waals surface area contributed by atoms with Gasteiger partial charge in [-0.05, 0) is 44.2 Å². The first-order chi connectivity index (χ1) is 12.2. The molecule has 2 saturated carbocycles. The van der Waals surface area contributed by atoms with Gasteiger partial charge in [0.2, 0.25) is 5.91 Å². The number of ether oxygens (including phenoxy) is 1. The number of rotatable bonds is 6. The summed E-state index contributed by atoms with van der Waals surface area (Å²) in [4.78, 5) is 28.5. The van der Waals surface area contributed by atoms with Gasteiger partial charge in [0, 0.05) is 36.8 Å². The van der Waals surface area contributed by atoms with Crippen molar-refractivity contribution in [1.29, 1.82) is 0 Å². The first-order valence-electron chi connectivity index (χ1n) is 9.57. The summed E-state index contributed by atoms with van der Waals surface area (Å²) < 4.78 is 5.79. The highest BCUT2D eigenvalue weighted by Crippen LogP contribution is 2.34. The van der Waals surface area contributed by atoms with E-state index >= 15 is 0 Å². The largest absolute Gasteiger partial charge is 0.484 e. The molecule has 5 heteroatoms. The van der Waals surface area contributed by atoms with Crippen molar-refractivity contribution in [3.8, 4) is 5.75 Å². The molecule has 134 valence electrons. The fraction of sp³-hybridized carbons (Fsp3) is 0.600. The van der Waals surface area contributed by atoms with E-state index in [4.69, 9.17) is 4.74 Å². The average Bonchev–Trinajstić information content (AvgIpc) is 3.12. The fourth-order valence-electron chi connectivity index (χ4n) is 4.12. The molecule has 3 fully saturated rings. The van der Waals surface area contributed by atoms with Crippen molar-refractivity contribution in [3.05, 3.63) is 24.3 Å². The Bertz CT molecular complexity index is 650. The van der Waals surface area contributed by atoms with Gasteiger partial charge in [0.25, 0.3) is 5.91 Å². The Balaban J connectivity index is 1.38.